The minimum absolute atomic E-state index is 0.205. The smallest absolute Gasteiger partial charge is 0.341 e. The van der Waals surface area contributed by atoms with Gasteiger partial charge in [-0.1, -0.05) is 13.0 Å². The van der Waals surface area contributed by atoms with Crippen molar-refractivity contribution in [3.8, 4) is 0 Å². The second kappa shape index (κ2) is 8.63. The summed E-state index contributed by atoms with van der Waals surface area (Å²) < 4.78 is 10.8. The molecule has 0 saturated carbocycles. The van der Waals surface area contributed by atoms with Gasteiger partial charge < -0.3 is 14.8 Å². The Hall–Kier alpha value is -1.66. The average molecular weight is 365 g/mol. The highest BCUT2D eigenvalue weighted by Crippen LogP contribution is 2.40. The van der Waals surface area contributed by atoms with E-state index in [1.54, 1.807) is 13.0 Å². The molecule has 1 aromatic heterocycles. The zero-order valence-electron chi connectivity index (χ0n) is 15.4. The molecule has 2 unspecified atom stereocenters. The fourth-order valence-corrected chi connectivity index (χ4v) is 4.23. The number of rotatable bonds is 7. The zero-order chi connectivity index (χ0) is 18.6. The minimum Gasteiger partial charge on any atom is -0.459 e. The summed E-state index contributed by atoms with van der Waals surface area (Å²) in [7, 11) is 0. The Morgan fingerprint density at radius 2 is 2.12 bits per heavy atom. The van der Waals surface area contributed by atoms with Crippen molar-refractivity contribution in [1.82, 2.24) is 0 Å². The van der Waals surface area contributed by atoms with Crippen molar-refractivity contribution in [2.45, 2.75) is 59.2 Å². The van der Waals surface area contributed by atoms with E-state index in [1.165, 1.54) is 16.2 Å². The summed E-state index contributed by atoms with van der Waals surface area (Å²) >= 11 is 1.48. The van der Waals surface area contributed by atoms with E-state index < -0.39 is 6.10 Å². The molecular formula is C19H27NO4S. The number of ether oxygens (including phenoxy) is 2. The molecule has 1 aliphatic carbocycles. The highest BCUT2D eigenvalue weighted by Gasteiger charge is 2.30. The second-order valence-corrected chi connectivity index (χ2v) is 7.87. The van der Waals surface area contributed by atoms with Crippen LogP contribution < -0.4 is 5.32 Å². The van der Waals surface area contributed by atoms with Gasteiger partial charge in [-0.2, -0.15) is 0 Å². The Morgan fingerprint density at radius 3 is 2.76 bits per heavy atom. The number of hydrogen-bond acceptors (Lipinski definition) is 5. The van der Waals surface area contributed by atoms with E-state index in [1.807, 2.05) is 13.8 Å². The molecule has 1 aliphatic rings. The Kier molecular flexibility index (Phi) is 6.79. The molecule has 6 heteroatoms. The van der Waals surface area contributed by atoms with Crippen LogP contribution in [0.25, 0.3) is 0 Å². The molecule has 0 bridgehead atoms. The van der Waals surface area contributed by atoms with Gasteiger partial charge in [-0.25, -0.2) is 4.79 Å². The maximum atomic E-state index is 12.6. The van der Waals surface area contributed by atoms with Crippen molar-refractivity contribution in [2.75, 3.05) is 11.9 Å². The Morgan fingerprint density at radius 1 is 1.40 bits per heavy atom. The van der Waals surface area contributed by atoms with E-state index in [4.69, 9.17) is 9.47 Å². The maximum absolute atomic E-state index is 12.6. The maximum Gasteiger partial charge on any atom is 0.341 e. The third kappa shape index (κ3) is 4.92. The Labute approximate surface area is 153 Å². The summed E-state index contributed by atoms with van der Waals surface area (Å²) in [6, 6.07) is 0. The first-order valence-electron chi connectivity index (χ1n) is 8.72. The number of carbonyl (C=O) groups is 2. The van der Waals surface area contributed by atoms with Crippen LogP contribution in [-0.2, 0) is 27.1 Å². The molecule has 0 aromatic carbocycles. The van der Waals surface area contributed by atoms with Gasteiger partial charge in [0.15, 0.2) is 0 Å². The second-order valence-electron chi connectivity index (χ2n) is 6.76. The molecule has 1 heterocycles. The summed E-state index contributed by atoms with van der Waals surface area (Å²) in [4.78, 5) is 26.1. The van der Waals surface area contributed by atoms with Crippen LogP contribution in [0.15, 0.2) is 12.7 Å². The lowest BCUT2D eigenvalue weighted by Crippen LogP contribution is -2.28. The number of anilines is 1. The van der Waals surface area contributed by atoms with Gasteiger partial charge in [0, 0.05) is 4.88 Å². The van der Waals surface area contributed by atoms with Gasteiger partial charge in [0.25, 0.3) is 5.91 Å². The standard InChI is InChI=1S/C19H27NO4S/c1-6-9-23-13(5)17(21)20-18-16(19(22)24-11(2)3)14-8-7-12(4)10-15(14)25-18/h6,11-13H,1,7-10H2,2-5H3,(H,20,21). The van der Waals surface area contributed by atoms with Crippen molar-refractivity contribution >= 4 is 28.2 Å². The van der Waals surface area contributed by atoms with Crippen molar-refractivity contribution in [1.29, 1.82) is 0 Å². The first-order chi connectivity index (χ1) is 11.8. The number of fused-ring (bicyclic) bond motifs is 1. The molecule has 0 radical (unpaired) electrons. The molecule has 0 spiro atoms. The van der Waals surface area contributed by atoms with Crippen molar-refractivity contribution < 1.29 is 19.1 Å². The van der Waals surface area contributed by atoms with E-state index in [0.29, 0.717) is 23.1 Å². The van der Waals surface area contributed by atoms with E-state index in [2.05, 4.69) is 18.8 Å². The lowest BCUT2D eigenvalue weighted by Gasteiger charge is -2.19. The van der Waals surface area contributed by atoms with E-state index in [-0.39, 0.29) is 18.0 Å². The molecule has 1 amide bonds. The van der Waals surface area contributed by atoms with E-state index in [0.717, 1.165) is 24.8 Å². The number of hydrogen-bond donors (Lipinski definition) is 1. The number of esters is 1. The van der Waals surface area contributed by atoms with Crippen molar-refractivity contribution in [3.05, 3.63) is 28.7 Å². The van der Waals surface area contributed by atoms with Crippen LogP contribution >= 0.6 is 11.3 Å². The summed E-state index contributed by atoms with van der Waals surface area (Å²) in [5, 5.41) is 3.44. The zero-order valence-corrected chi connectivity index (χ0v) is 16.2. The third-order valence-electron chi connectivity index (χ3n) is 4.13. The van der Waals surface area contributed by atoms with Crippen LogP contribution in [-0.4, -0.2) is 30.7 Å². The molecule has 1 aromatic rings. The fraction of sp³-hybridized carbons (Fsp3) is 0.579. The lowest BCUT2D eigenvalue weighted by atomic mass is 9.88. The number of amides is 1. The first-order valence-corrected chi connectivity index (χ1v) is 9.54. The van der Waals surface area contributed by atoms with Crippen LogP contribution in [0, 0.1) is 5.92 Å². The van der Waals surface area contributed by atoms with Crippen molar-refractivity contribution in [3.63, 3.8) is 0 Å². The fourth-order valence-electron chi connectivity index (χ4n) is 2.83. The van der Waals surface area contributed by atoms with Gasteiger partial charge in [-0.3, -0.25) is 4.79 Å². The summed E-state index contributed by atoms with van der Waals surface area (Å²) in [5.74, 6) is -0.0531. The monoisotopic (exact) mass is 365 g/mol. The molecule has 5 nitrogen and oxygen atoms in total. The molecule has 0 saturated heterocycles. The van der Waals surface area contributed by atoms with Gasteiger partial charge in [-0.15, -0.1) is 17.9 Å². The molecule has 25 heavy (non-hydrogen) atoms. The molecule has 2 rings (SSSR count). The Bertz CT molecular complexity index is 650. The highest BCUT2D eigenvalue weighted by molar-refractivity contribution is 7.17. The largest absolute Gasteiger partial charge is 0.459 e. The van der Waals surface area contributed by atoms with E-state index >= 15 is 0 Å². The quantitative estimate of drug-likeness (QED) is 0.587. The summed E-state index contributed by atoms with van der Waals surface area (Å²) in [6.07, 6.45) is 3.58. The van der Waals surface area contributed by atoms with Crippen LogP contribution in [0.1, 0.15) is 54.9 Å². The summed E-state index contributed by atoms with van der Waals surface area (Å²) in [6.45, 7) is 11.4. The topological polar surface area (TPSA) is 64.6 Å². The predicted octanol–water partition coefficient (Wildman–Crippen LogP) is 3.97. The third-order valence-corrected chi connectivity index (χ3v) is 5.30. The molecular weight excluding hydrogens is 338 g/mol. The van der Waals surface area contributed by atoms with Crippen LogP contribution in [0.4, 0.5) is 5.00 Å². The predicted molar refractivity (Wildman–Crippen MR) is 100 cm³/mol. The minimum atomic E-state index is -0.620. The molecule has 0 fully saturated rings. The Balaban J connectivity index is 2.28. The van der Waals surface area contributed by atoms with Gasteiger partial charge in [0.05, 0.1) is 18.3 Å². The van der Waals surface area contributed by atoms with Gasteiger partial charge in [-0.05, 0) is 51.5 Å². The molecule has 0 aliphatic heterocycles. The SMILES string of the molecule is C=CCOC(C)C(=O)Nc1sc2c(c1C(=O)OC(C)C)CCC(C)C2. The number of thiophene rings is 1. The molecule has 2 atom stereocenters. The summed E-state index contributed by atoms with van der Waals surface area (Å²) in [5.41, 5.74) is 1.55. The van der Waals surface area contributed by atoms with Crippen LogP contribution in [0.2, 0.25) is 0 Å². The van der Waals surface area contributed by atoms with Gasteiger partial charge >= 0.3 is 5.97 Å². The first kappa shape index (κ1) is 19.7. The lowest BCUT2D eigenvalue weighted by molar-refractivity contribution is -0.125. The van der Waals surface area contributed by atoms with Gasteiger partial charge in [0.1, 0.15) is 11.1 Å². The van der Waals surface area contributed by atoms with Gasteiger partial charge in [0.2, 0.25) is 0 Å². The highest BCUT2D eigenvalue weighted by atomic mass is 32.1. The number of nitrogens with one attached hydrogen (secondary N) is 1. The van der Waals surface area contributed by atoms with Crippen LogP contribution in [0.3, 0.4) is 0 Å². The van der Waals surface area contributed by atoms with Crippen LogP contribution in [0.5, 0.6) is 0 Å². The van der Waals surface area contributed by atoms with Crippen molar-refractivity contribution in [2.24, 2.45) is 5.92 Å². The average Bonchev–Trinajstić information content (AvgIpc) is 2.88. The van der Waals surface area contributed by atoms with E-state index in [9.17, 15) is 9.59 Å². The molecule has 1 N–H and O–H groups in total. The normalized spacial score (nSPS) is 17.7. The number of carbonyl (C=O) groups excluding carboxylic acids is 2. The molecule has 138 valence electrons.